The van der Waals surface area contributed by atoms with Crippen molar-refractivity contribution in [2.24, 2.45) is 0 Å². The van der Waals surface area contributed by atoms with Gasteiger partial charge in [0.05, 0.1) is 0 Å². The van der Waals surface area contributed by atoms with Crippen LogP contribution in [0.3, 0.4) is 0 Å². The molecule has 1 aliphatic carbocycles. The predicted molar refractivity (Wildman–Crippen MR) is 80.3 cm³/mol. The van der Waals surface area contributed by atoms with E-state index in [2.05, 4.69) is 19.1 Å². The molecule has 0 heterocycles. The first-order chi connectivity index (χ1) is 9.51. The highest BCUT2D eigenvalue weighted by Gasteiger charge is 2.12. The minimum atomic E-state index is -0.339. The third kappa shape index (κ3) is 6.50. The first-order valence-corrected chi connectivity index (χ1v) is 7.15. The minimum absolute atomic E-state index is 0.313. The maximum atomic E-state index is 11.2. The maximum absolute atomic E-state index is 11.2. The second-order valence-corrected chi connectivity index (χ2v) is 5.39. The summed E-state index contributed by atoms with van der Waals surface area (Å²) in [5.41, 5.74) is 3.25. The maximum Gasteiger partial charge on any atom is 0.303 e. The first kappa shape index (κ1) is 16.4. The number of esters is 1. The number of aldehydes is 1. The van der Waals surface area contributed by atoms with Gasteiger partial charge in [0, 0.05) is 13.3 Å². The lowest BCUT2D eigenvalue weighted by molar-refractivity contribution is -0.144. The second-order valence-electron chi connectivity index (χ2n) is 5.39. The molecule has 20 heavy (non-hydrogen) atoms. The van der Waals surface area contributed by atoms with Gasteiger partial charge < -0.3 is 4.74 Å². The van der Waals surface area contributed by atoms with Crippen LogP contribution in [0.1, 0.15) is 52.9 Å². The number of allylic oxidation sites excluding steroid dienone is 4. The van der Waals surface area contributed by atoms with Crippen molar-refractivity contribution in [1.82, 2.24) is 0 Å². The van der Waals surface area contributed by atoms with E-state index in [1.165, 1.54) is 18.1 Å². The molecular formula is C17H24O3. The van der Waals surface area contributed by atoms with Crippen molar-refractivity contribution < 1.29 is 14.3 Å². The molecule has 0 aliphatic heterocycles. The molecular weight excluding hydrogens is 252 g/mol. The largest absolute Gasteiger partial charge is 0.458 e. The molecule has 3 nitrogen and oxygen atoms in total. The number of hydrogen-bond donors (Lipinski definition) is 0. The van der Waals surface area contributed by atoms with E-state index >= 15 is 0 Å². The molecule has 0 saturated carbocycles. The molecule has 0 saturated heterocycles. The van der Waals surface area contributed by atoms with E-state index in [9.17, 15) is 9.59 Å². The van der Waals surface area contributed by atoms with E-state index in [-0.39, 0.29) is 12.1 Å². The van der Waals surface area contributed by atoms with E-state index in [0.717, 1.165) is 25.5 Å². The second kappa shape index (κ2) is 8.51. The summed E-state index contributed by atoms with van der Waals surface area (Å²) in [6, 6.07) is 0. The van der Waals surface area contributed by atoms with E-state index < -0.39 is 0 Å². The Labute approximate surface area is 121 Å². The van der Waals surface area contributed by atoms with Gasteiger partial charge in [0.2, 0.25) is 0 Å². The van der Waals surface area contributed by atoms with Crippen molar-refractivity contribution >= 4 is 12.3 Å². The van der Waals surface area contributed by atoms with Gasteiger partial charge in [0.25, 0.3) is 0 Å². The van der Waals surface area contributed by atoms with Gasteiger partial charge in [-0.1, -0.05) is 23.3 Å². The summed E-state index contributed by atoms with van der Waals surface area (Å²) in [5, 5.41) is 0. The van der Waals surface area contributed by atoms with Gasteiger partial charge in [-0.3, -0.25) is 9.59 Å². The monoisotopic (exact) mass is 276 g/mol. The van der Waals surface area contributed by atoms with Gasteiger partial charge in [0.15, 0.2) is 0 Å². The molecule has 0 amide bonds. The highest BCUT2D eigenvalue weighted by atomic mass is 16.5. The van der Waals surface area contributed by atoms with Crippen LogP contribution in [-0.2, 0) is 14.3 Å². The Bertz CT molecular complexity index is 441. The SMILES string of the molecule is CC(=O)O[C@H]1/C=C(/C=O)CC/C=C(/C)CC/C=C(/C)C1. The van der Waals surface area contributed by atoms with Crippen LogP contribution < -0.4 is 0 Å². The summed E-state index contributed by atoms with van der Waals surface area (Å²) < 4.78 is 5.29. The third-order valence-corrected chi connectivity index (χ3v) is 3.35. The van der Waals surface area contributed by atoms with Gasteiger partial charge in [-0.25, -0.2) is 0 Å². The van der Waals surface area contributed by atoms with Crippen LogP contribution in [0.15, 0.2) is 34.9 Å². The standard InChI is InChI=1S/C17H24O3/c1-13-6-4-8-14(2)10-17(20-15(3)19)11-16(12-18)9-5-7-13/h7-8,11-12,17H,4-6,9-10H2,1-3H3/b13-7-,14-8-,16-11+/t17-/m1/s1. The molecule has 0 aromatic carbocycles. The number of hydrogen-bond acceptors (Lipinski definition) is 3. The summed E-state index contributed by atoms with van der Waals surface area (Å²) in [6.07, 6.45) is 10.9. The van der Waals surface area contributed by atoms with Crippen molar-refractivity contribution in [1.29, 1.82) is 0 Å². The molecule has 0 aromatic rings. The van der Waals surface area contributed by atoms with Crippen molar-refractivity contribution in [3.05, 3.63) is 34.9 Å². The van der Waals surface area contributed by atoms with Crippen LogP contribution >= 0.6 is 0 Å². The van der Waals surface area contributed by atoms with E-state index in [0.29, 0.717) is 18.4 Å². The molecule has 0 N–H and O–H groups in total. The molecule has 0 unspecified atom stereocenters. The van der Waals surface area contributed by atoms with Gasteiger partial charge >= 0.3 is 5.97 Å². The van der Waals surface area contributed by atoms with Crippen LogP contribution in [0.2, 0.25) is 0 Å². The normalized spacial score (nSPS) is 29.4. The number of rotatable bonds is 2. The molecule has 0 radical (unpaired) electrons. The lowest BCUT2D eigenvalue weighted by Crippen LogP contribution is -2.15. The summed E-state index contributed by atoms with van der Waals surface area (Å²) in [5.74, 6) is -0.313. The average Bonchev–Trinajstić information content (AvgIpc) is 2.35. The number of carbonyl (C=O) groups excluding carboxylic acids is 2. The smallest absolute Gasteiger partial charge is 0.303 e. The molecule has 1 atom stereocenters. The molecule has 1 rings (SSSR count). The van der Waals surface area contributed by atoms with Crippen LogP contribution in [0.4, 0.5) is 0 Å². The molecule has 0 spiro atoms. The molecule has 1 aliphatic rings. The molecule has 0 fully saturated rings. The highest BCUT2D eigenvalue weighted by Crippen LogP contribution is 2.18. The van der Waals surface area contributed by atoms with Crippen molar-refractivity contribution in [2.75, 3.05) is 0 Å². The van der Waals surface area contributed by atoms with Crippen LogP contribution in [0.25, 0.3) is 0 Å². The zero-order valence-corrected chi connectivity index (χ0v) is 12.6. The Morgan fingerprint density at radius 3 is 2.50 bits per heavy atom. The molecule has 3 heteroatoms. The summed E-state index contributed by atoms with van der Waals surface area (Å²) in [7, 11) is 0. The third-order valence-electron chi connectivity index (χ3n) is 3.35. The van der Waals surface area contributed by atoms with E-state index in [1.807, 2.05) is 6.92 Å². The van der Waals surface area contributed by atoms with Gasteiger partial charge in [-0.2, -0.15) is 0 Å². The van der Waals surface area contributed by atoms with Crippen LogP contribution in [-0.4, -0.2) is 18.4 Å². The Morgan fingerprint density at radius 2 is 1.85 bits per heavy atom. The Kier molecular flexibility index (Phi) is 6.99. The van der Waals surface area contributed by atoms with Crippen LogP contribution in [0.5, 0.6) is 0 Å². The topological polar surface area (TPSA) is 43.4 Å². The number of ether oxygens (including phenoxy) is 1. The molecule has 110 valence electrons. The quantitative estimate of drug-likeness (QED) is 0.436. The first-order valence-electron chi connectivity index (χ1n) is 7.15. The minimum Gasteiger partial charge on any atom is -0.458 e. The predicted octanol–water partition coefficient (Wildman–Crippen LogP) is 3.90. The van der Waals surface area contributed by atoms with E-state index in [1.54, 1.807) is 6.08 Å². The van der Waals surface area contributed by atoms with Gasteiger partial charge in [-0.15, -0.1) is 0 Å². The highest BCUT2D eigenvalue weighted by molar-refractivity contribution is 5.73. The van der Waals surface area contributed by atoms with Crippen molar-refractivity contribution in [3.8, 4) is 0 Å². The Hall–Kier alpha value is -1.64. The molecule has 0 bridgehead atoms. The summed E-state index contributed by atoms with van der Waals surface area (Å²) in [6.45, 7) is 5.56. The fourth-order valence-electron chi connectivity index (χ4n) is 2.30. The lowest BCUT2D eigenvalue weighted by Gasteiger charge is -2.15. The Balaban J connectivity index is 2.94. The van der Waals surface area contributed by atoms with Crippen molar-refractivity contribution in [3.63, 3.8) is 0 Å². The number of carbonyl (C=O) groups is 2. The average molecular weight is 276 g/mol. The zero-order valence-electron chi connectivity index (χ0n) is 12.6. The van der Waals surface area contributed by atoms with E-state index in [4.69, 9.17) is 4.74 Å². The lowest BCUT2D eigenvalue weighted by atomic mass is 10.00. The van der Waals surface area contributed by atoms with Crippen molar-refractivity contribution in [2.45, 2.75) is 59.0 Å². The summed E-state index contributed by atoms with van der Waals surface area (Å²) >= 11 is 0. The van der Waals surface area contributed by atoms with Crippen LogP contribution in [0, 0.1) is 0 Å². The zero-order chi connectivity index (χ0) is 15.0. The Morgan fingerprint density at radius 1 is 1.20 bits per heavy atom. The van der Waals surface area contributed by atoms with Gasteiger partial charge in [-0.05, 0) is 51.2 Å². The fourth-order valence-corrected chi connectivity index (χ4v) is 2.30. The van der Waals surface area contributed by atoms with Gasteiger partial charge in [0.1, 0.15) is 12.4 Å². The summed E-state index contributed by atoms with van der Waals surface area (Å²) in [4.78, 5) is 22.3. The molecule has 0 aromatic heterocycles. The fraction of sp³-hybridized carbons (Fsp3) is 0.529.